The molecule has 104 valence electrons. The highest BCUT2D eigenvalue weighted by Crippen LogP contribution is 2.15. The van der Waals surface area contributed by atoms with Gasteiger partial charge in [0.15, 0.2) is 5.65 Å². The Labute approximate surface area is 117 Å². The number of aromatic nitrogens is 5. The Morgan fingerprint density at radius 2 is 2.15 bits per heavy atom. The molecule has 0 radical (unpaired) electrons. The van der Waals surface area contributed by atoms with Crippen LogP contribution in [0.4, 0.5) is 5.82 Å². The summed E-state index contributed by atoms with van der Waals surface area (Å²) in [5.41, 5.74) is 4.36. The van der Waals surface area contributed by atoms with Crippen molar-refractivity contribution in [3.8, 4) is 0 Å². The van der Waals surface area contributed by atoms with Crippen LogP contribution in [-0.2, 0) is 20.0 Å². The highest BCUT2D eigenvalue weighted by atomic mass is 15.3. The van der Waals surface area contributed by atoms with Crippen molar-refractivity contribution in [2.24, 2.45) is 7.05 Å². The Morgan fingerprint density at radius 1 is 1.30 bits per heavy atom. The molecule has 0 saturated carbocycles. The number of aryl methyl sites for hydroxylation is 3. The third-order valence-electron chi connectivity index (χ3n) is 3.31. The second-order valence-corrected chi connectivity index (χ2v) is 4.93. The smallest absolute Gasteiger partial charge is 0.157 e. The van der Waals surface area contributed by atoms with Crippen LogP contribution in [0.5, 0.6) is 0 Å². The molecule has 0 bridgehead atoms. The zero-order valence-electron chi connectivity index (χ0n) is 12.0. The molecular formula is C14H18N6. The number of hydrogen-bond donors (Lipinski definition) is 1. The first-order chi connectivity index (χ1) is 9.67. The molecule has 3 aromatic heterocycles. The highest BCUT2D eigenvalue weighted by Gasteiger charge is 2.08. The van der Waals surface area contributed by atoms with E-state index in [9.17, 15) is 0 Å². The van der Waals surface area contributed by atoms with E-state index in [2.05, 4.69) is 46.6 Å². The number of fused-ring (bicyclic) bond motifs is 1. The van der Waals surface area contributed by atoms with Gasteiger partial charge in [-0.3, -0.25) is 4.68 Å². The van der Waals surface area contributed by atoms with Gasteiger partial charge in [-0.05, 0) is 31.0 Å². The maximum Gasteiger partial charge on any atom is 0.157 e. The van der Waals surface area contributed by atoms with Crippen LogP contribution in [0.15, 0.2) is 24.7 Å². The van der Waals surface area contributed by atoms with Crippen molar-refractivity contribution >= 4 is 11.5 Å². The van der Waals surface area contributed by atoms with Gasteiger partial charge in [0.1, 0.15) is 12.1 Å². The second-order valence-electron chi connectivity index (χ2n) is 4.93. The summed E-state index contributed by atoms with van der Waals surface area (Å²) in [6.07, 6.45) is 4.56. The van der Waals surface area contributed by atoms with E-state index in [1.807, 2.05) is 22.3 Å². The van der Waals surface area contributed by atoms with Crippen molar-refractivity contribution in [1.82, 2.24) is 24.4 Å². The van der Waals surface area contributed by atoms with Gasteiger partial charge in [0.2, 0.25) is 0 Å². The fraction of sp³-hybridized carbons (Fsp3) is 0.357. The van der Waals surface area contributed by atoms with Crippen LogP contribution in [-0.4, -0.2) is 24.4 Å². The maximum atomic E-state index is 4.45. The van der Waals surface area contributed by atoms with Crippen LogP contribution in [0.3, 0.4) is 0 Å². The monoisotopic (exact) mass is 270 g/mol. The lowest BCUT2D eigenvalue weighted by atomic mass is 10.2. The predicted octanol–water partition coefficient (Wildman–Crippen LogP) is 1.95. The van der Waals surface area contributed by atoms with Crippen LogP contribution in [0.1, 0.15) is 23.7 Å². The molecule has 0 aliphatic heterocycles. The third-order valence-corrected chi connectivity index (χ3v) is 3.31. The number of rotatable bonds is 4. The largest absolute Gasteiger partial charge is 0.366 e. The van der Waals surface area contributed by atoms with E-state index >= 15 is 0 Å². The third kappa shape index (κ3) is 2.24. The van der Waals surface area contributed by atoms with E-state index in [1.54, 1.807) is 6.33 Å². The molecule has 0 fully saturated rings. The summed E-state index contributed by atoms with van der Waals surface area (Å²) >= 11 is 0. The van der Waals surface area contributed by atoms with E-state index in [1.165, 1.54) is 5.56 Å². The first kappa shape index (κ1) is 12.7. The molecule has 6 heteroatoms. The van der Waals surface area contributed by atoms with E-state index in [4.69, 9.17) is 0 Å². The van der Waals surface area contributed by atoms with Crippen molar-refractivity contribution in [2.75, 3.05) is 5.32 Å². The molecule has 0 amide bonds. The number of anilines is 1. The lowest BCUT2D eigenvalue weighted by Gasteiger charge is -2.08. The highest BCUT2D eigenvalue weighted by molar-refractivity contribution is 5.51. The van der Waals surface area contributed by atoms with Crippen LogP contribution >= 0.6 is 0 Å². The predicted molar refractivity (Wildman–Crippen MR) is 77.6 cm³/mol. The average Bonchev–Trinajstić information content (AvgIpc) is 3.01. The quantitative estimate of drug-likeness (QED) is 0.787. The maximum absolute atomic E-state index is 4.45. The molecule has 0 aromatic carbocycles. The normalized spacial score (nSPS) is 11.2. The van der Waals surface area contributed by atoms with E-state index in [-0.39, 0.29) is 0 Å². The number of pyridine rings is 1. The van der Waals surface area contributed by atoms with Crippen LogP contribution < -0.4 is 5.32 Å². The van der Waals surface area contributed by atoms with E-state index < -0.39 is 0 Å². The lowest BCUT2D eigenvalue weighted by molar-refractivity contribution is 0.746. The summed E-state index contributed by atoms with van der Waals surface area (Å²) in [4.78, 5) is 4.23. The van der Waals surface area contributed by atoms with Gasteiger partial charge in [0.25, 0.3) is 0 Å². The van der Waals surface area contributed by atoms with Gasteiger partial charge in [-0.25, -0.2) is 4.98 Å². The van der Waals surface area contributed by atoms with Gasteiger partial charge in [-0.15, -0.1) is 0 Å². The molecule has 0 saturated heterocycles. The molecule has 3 heterocycles. The van der Waals surface area contributed by atoms with Gasteiger partial charge in [-0.2, -0.15) is 14.7 Å². The van der Waals surface area contributed by atoms with Gasteiger partial charge < -0.3 is 5.32 Å². The van der Waals surface area contributed by atoms with Gasteiger partial charge in [0, 0.05) is 25.4 Å². The minimum absolute atomic E-state index is 0.732. The Morgan fingerprint density at radius 3 is 2.95 bits per heavy atom. The van der Waals surface area contributed by atoms with Gasteiger partial charge in [0.05, 0.1) is 5.69 Å². The summed E-state index contributed by atoms with van der Waals surface area (Å²) in [5, 5.41) is 12.1. The zero-order chi connectivity index (χ0) is 14.1. The Bertz CT molecular complexity index is 739. The van der Waals surface area contributed by atoms with Gasteiger partial charge in [-0.1, -0.05) is 6.92 Å². The molecule has 3 aromatic rings. The lowest BCUT2D eigenvalue weighted by Crippen LogP contribution is -2.06. The molecule has 0 atom stereocenters. The standard InChI is InChI=1S/C14H18N6/c1-4-12-11(8-19(3)18-12)7-15-13-5-10(2)6-14-16-9-17-20(13)14/h5-6,8-9,15H,4,7H2,1-3H3. The summed E-state index contributed by atoms with van der Waals surface area (Å²) in [6.45, 7) is 4.91. The molecule has 1 N–H and O–H groups in total. The minimum Gasteiger partial charge on any atom is -0.366 e. The van der Waals surface area contributed by atoms with Crippen LogP contribution in [0, 0.1) is 6.92 Å². The molecule has 20 heavy (non-hydrogen) atoms. The first-order valence-corrected chi connectivity index (χ1v) is 6.73. The molecule has 3 rings (SSSR count). The summed E-state index contributed by atoms with van der Waals surface area (Å²) in [7, 11) is 1.95. The van der Waals surface area contributed by atoms with Crippen LogP contribution in [0.25, 0.3) is 5.65 Å². The molecule has 0 aliphatic carbocycles. The van der Waals surface area contributed by atoms with Crippen molar-refractivity contribution < 1.29 is 0 Å². The molecule has 0 unspecified atom stereocenters. The number of nitrogens with one attached hydrogen (secondary N) is 1. The molecule has 0 spiro atoms. The minimum atomic E-state index is 0.732. The zero-order valence-corrected chi connectivity index (χ0v) is 12.0. The summed E-state index contributed by atoms with van der Waals surface area (Å²) in [5.74, 6) is 0.948. The van der Waals surface area contributed by atoms with Gasteiger partial charge >= 0.3 is 0 Å². The van der Waals surface area contributed by atoms with Crippen molar-refractivity contribution in [2.45, 2.75) is 26.8 Å². The van der Waals surface area contributed by atoms with Crippen molar-refractivity contribution in [3.63, 3.8) is 0 Å². The van der Waals surface area contributed by atoms with Crippen molar-refractivity contribution in [3.05, 3.63) is 41.5 Å². The van der Waals surface area contributed by atoms with Crippen molar-refractivity contribution in [1.29, 1.82) is 0 Å². The number of hydrogen-bond acceptors (Lipinski definition) is 4. The topological polar surface area (TPSA) is 60.0 Å². The molecular weight excluding hydrogens is 252 g/mol. The van der Waals surface area contributed by atoms with E-state index in [0.29, 0.717) is 0 Å². The molecule has 0 aliphatic rings. The first-order valence-electron chi connectivity index (χ1n) is 6.73. The Kier molecular flexibility index (Phi) is 3.14. The second kappa shape index (κ2) is 4.96. The fourth-order valence-electron chi connectivity index (χ4n) is 2.40. The SMILES string of the molecule is CCc1nn(C)cc1CNc1cc(C)cc2ncnn12. The average molecular weight is 270 g/mol. The summed E-state index contributed by atoms with van der Waals surface area (Å²) < 4.78 is 3.67. The molecule has 6 nitrogen and oxygen atoms in total. The van der Waals surface area contributed by atoms with Crippen LogP contribution in [0.2, 0.25) is 0 Å². The Balaban J connectivity index is 1.88. The Hall–Kier alpha value is -2.37. The number of nitrogens with zero attached hydrogens (tertiary/aromatic N) is 5. The summed E-state index contributed by atoms with van der Waals surface area (Å²) in [6, 6.07) is 4.09. The van der Waals surface area contributed by atoms with E-state index in [0.717, 1.165) is 35.7 Å². The fourth-order valence-corrected chi connectivity index (χ4v) is 2.40.